The number of rotatable bonds is 5. The normalized spacial score (nSPS) is 16.9. The van der Waals surface area contributed by atoms with E-state index in [1.807, 2.05) is 18.2 Å². The largest absolute Gasteiger partial charge is 0.359 e. The molecule has 2 N–H and O–H groups in total. The van der Waals surface area contributed by atoms with Gasteiger partial charge in [0.15, 0.2) is 0 Å². The zero-order valence-electron chi connectivity index (χ0n) is 14.3. The van der Waals surface area contributed by atoms with Gasteiger partial charge in [-0.2, -0.15) is 0 Å². The van der Waals surface area contributed by atoms with Crippen molar-refractivity contribution in [2.45, 2.75) is 46.1 Å². The minimum Gasteiger partial charge on any atom is -0.359 e. The van der Waals surface area contributed by atoms with Crippen LogP contribution in [0.1, 0.15) is 39.2 Å². The molecule has 3 amide bonds. The first-order chi connectivity index (χ1) is 11.0. The van der Waals surface area contributed by atoms with Crippen LogP contribution in [-0.4, -0.2) is 31.1 Å². The summed E-state index contributed by atoms with van der Waals surface area (Å²) in [5, 5.41) is 5.14. The van der Waals surface area contributed by atoms with E-state index < -0.39 is 6.03 Å². The highest BCUT2D eigenvalue weighted by atomic mass is 16.2. The van der Waals surface area contributed by atoms with Gasteiger partial charge in [0.05, 0.1) is 6.54 Å². The van der Waals surface area contributed by atoms with Crippen LogP contribution in [0.15, 0.2) is 24.3 Å². The maximum Gasteiger partial charge on any atom is 0.321 e. The van der Waals surface area contributed by atoms with E-state index in [4.69, 9.17) is 0 Å². The number of anilines is 1. The zero-order chi connectivity index (χ0) is 16.8. The van der Waals surface area contributed by atoms with Crippen molar-refractivity contribution in [1.82, 2.24) is 10.6 Å². The predicted octanol–water partition coefficient (Wildman–Crippen LogP) is 2.70. The zero-order valence-corrected chi connectivity index (χ0v) is 14.3. The van der Waals surface area contributed by atoms with E-state index in [0.717, 1.165) is 24.9 Å². The van der Waals surface area contributed by atoms with Crippen molar-refractivity contribution in [3.8, 4) is 0 Å². The van der Waals surface area contributed by atoms with E-state index in [1.54, 1.807) is 0 Å². The van der Waals surface area contributed by atoms with Crippen molar-refractivity contribution >= 4 is 17.6 Å². The van der Waals surface area contributed by atoms with Gasteiger partial charge in [0.25, 0.3) is 0 Å². The second kappa shape index (κ2) is 7.99. The molecule has 126 valence electrons. The molecule has 0 aliphatic carbocycles. The lowest BCUT2D eigenvalue weighted by Crippen LogP contribution is -2.48. The molecule has 0 bridgehead atoms. The Hall–Kier alpha value is -2.04. The number of fused-ring (bicyclic) bond motifs is 1. The topological polar surface area (TPSA) is 61.4 Å². The lowest BCUT2D eigenvalue weighted by atomic mass is 9.97. The lowest BCUT2D eigenvalue weighted by Gasteiger charge is -2.36. The van der Waals surface area contributed by atoms with E-state index in [9.17, 15) is 9.59 Å². The van der Waals surface area contributed by atoms with Crippen LogP contribution in [0.4, 0.5) is 10.5 Å². The molecule has 1 aromatic rings. The summed E-state index contributed by atoms with van der Waals surface area (Å²) in [6.07, 6.45) is 2.95. The molecule has 1 aliphatic heterocycles. The van der Waals surface area contributed by atoms with Crippen LogP contribution in [-0.2, 0) is 11.2 Å². The molecular formula is C18H27N3O2. The number of imide groups is 1. The van der Waals surface area contributed by atoms with Crippen molar-refractivity contribution in [3.05, 3.63) is 29.8 Å². The predicted molar refractivity (Wildman–Crippen MR) is 92.6 cm³/mol. The van der Waals surface area contributed by atoms with Gasteiger partial charge in [-0.15, -0.1) is 0 Å². The smallest absolute Gasteiger partial charge is 0.321 e. The minimum atomic E-state index is -0.409. The molecule has 1 heterocycles. The maximum absolute atomic E-state index is 12.2. The molecule has 5 nitrogen and oxygen atoms in total. The monoisotopic (exact) mass is 317 g/mol. The van der Waals surface area contributed by atoms with Crippen LogP contribution < -0.4 is 15.5 Å². The number of benzene rings is 1. The van der Waals surface area contributed by atoms with Gasteiger partial charge in [-0.05, 0) is 43.7 Å². The van der Waals surface area contributed by atoms with Crippen LogP contribution >= 0.6 is 0 Å². The van der Waals surface area contributed by atoms with Gasteiger partial charge < -0.3 is 10.2 Å². The molecule has 0 spiro atoms. The number of carbonyl (C=O) groups is 2. The Labute approximate surface area is 138 Å². The number of nitrogens with one attached hydrogen (secondary N) is 2. The lowest BCUT2D eigenvalue weighted by molar-refractivity contribution is -0.118. The second-order valence-corrected chi connectivity index (χ2v) is 6.63. The van der Waals surface area contributed by atoms with E-state index in [-0.39, 0.29) is 12.5 Å². The molecule has 0 unspecified atom stereocenters. The molecular weight excluding hydrogens is 290 g/mol. The number of hydrogen-bond acceptors (Lipinski definition) is 3. The average molecular weight is 317 g/mol. The molecule has 2 rings (SSSR count). The third-order valence-corrected chi connectivity index (χ3v) is 4.24. The minimum absolute atomic E-state index is 0.204. The SMILES string of the molecule is CC(C)CCNC(=O)NC(=O)CN1c2ccccc2CC[C@H]1C. The van der Waals surface area contributed by atoms with Gasteiger partial charge in [-0.25, -0.2) is 4.79 Å². The van der Waals surface area contributed by atoms with Gasteiger partial charge in [0.2, 0.25) is 5.91 Å². The molecule has 1 aliphatic rings. The summed E-state index contributed by atoms with van der Waals surface area (Å²) in [5.41, 5.74) is 2.36. The Morgan fingerprint density at radius 1 is 1.30 bits per heavy atom. The Balaban J connectivity index is 1.89. The van der Waals surface area contributed by atoms with Gasteiger partial charge >= 0.3 is 6.03 Å². The summed E-state index contributed by atoms with van der Waals surface area (Å²) in [4.78, 5) is 26.0. The fourth-order valence-electron chi connectivity index (χ4n) is 2.84. The number of hydrogen-bond donors (Lipinski definition) is 2. The number of amides is 3. The Bertz CT molecular complexity index is 557. The number of aryl methyl sites for hydroxylation is 1. The Morgan fingerprint density at radius 2 is 2.04 bits per heavy atom. The third kappa shape index (κ3) is 4.98. The van der Waals surface area contributed by atoms with Gasteiger partial charge in [-0.3, -0.25) is 10.1 Å². The van der Waals surface area contributed by atoms with Crippen LogP contribution in [0.5, 0.6) is 0 Å². The summed E-state index contributed by atoms with van der Waals surface area (Å²) in [7, 11) is 0. The van der Waals surface area contributed by atoms with Crippen molar-refractivity contribution in [3.63, 3.8) is 0 Å². The molecule has 0 saturated heterocycles. The summed E-state index contributed by atoms with van der Waals surface area (Å²) in [6, 6.07) is 8.04. The first kappa shape index (κ1) is 17.3. The van der Waals surface area contributed by atoms with Crippen molar-refractivity contribution in [2.75, 3.05) is 18.0 Å². The summed E-state index contributed by atoms with van der Waals surface area (Å²) < 4.78 is 0. The molecule has 5 heteroatoms. The summed E-state index contributed by atoms with van der Waals surface area (Å²) in [6.45, 7) is 7.10. The number of urea groups is 1. The van der Waals surface area contributed by atoms with E-state index in [0.29, 0.717) is 18.5 Å². The Morgan fingerprint density at radius 3 is 2.78 bits per heavy atom. The number of para-hydroxylation sites is 1. The highest BCUT2D eigenvalue weighted by Crippen LogP contribution is 2.29. The fourth-order valence-corrected chi connectivity index (χ4v) is 2.84. The highest BCUT2D eigenvalue weighted by Gasteiger charge is 2.24. The van der Waals surface area contributed by atoms with E-state index in [1.165, 1.54) is 5.56 Å². The third-order valence-electron chi connectivity index (χ3n) is 4.24. The van der Waals surface area contributed by atoms with Crippen molar-refractivity contribution in [2.24, 2.45) is 5.92 Å². The molecule has 1 aromatic carbocycles. The second-order valence-electron chi connectivity index (χ2n) is 6.63. The number of nitrogens with zero attached hydrogens (tertiary/aromatic N) is 1. The molecule has 0 saturated carbocycles. The molecule has 0 aromatic heterocycles. The molecule has 23 heavy (non-hydrogen) atoms. The summed E-state index contributed by atoms with van der Waals surface area (Å²) in [5.74, 6) is 0.257. The first-order valence-corrected chi connectivity index (χ1v) is 8.39. The average Bonchev–Trinajstić information content (AvgIpc) is 2.49. The fraction of sp³-hybridized carbons (Fsp3) is 0.556. The maximum atomic E-state index is 12.2. The highest BCUT2D eigenvalue weighted by molar-refractivity contribution is 5.96. The van der Waals surface area contributed by atoms with Gasteiger partial charge in [0.1, 0.15) is 0 Å². The quantitative estimate of drug-likeness (QED) is 0.878. The Kier molecular flexibility index (Phi) is 6.02. The number of carbonyl (C=O) groups excluding carboxylic acids is 2. The van der Waals surface area contributed by atoms with Crippen LogP contribution in [0.2, 0.25) is 0 Å². The van der Waals surface area contributed by atoms with E-state index in [2.05, 4.69) is 42.4 Å². The van der Waals surface area contributed by atoms with Gasteiger partial charge in [0, 0.05) is 18.3 Å². The van der Waals surface area contributed by atoms with Crippen molar-refractivity contribution in [1.29, 1.82) is 0 Å². The van der Waals surface area contributed by atoms with Crippen LogP contribution in [0.3, 0.4) is 0 Å². The van der Waals surface area contributed by atoms with Crippen LogP contribution in [0, 0.1) is 5.92 Å². The van der Waals surface area contributed by atoms with Crippen molar-refractivity contribution < 1.29 is 9.59 Å². The molecule has 0 radical (unpaired) electrons. The molecule has 0 fully saturated rings. The summed E-state index contributed by atoms with van der Waals surface area (Å²) >= 11 is 0. The molecule has 1 atom stereocenters. The van der Waals surface area contributed by atoms with Crippen LogP contribution in [0.25, 0.3) is 0 Å². The van der Waals surface area contributed by atoms with E-state index >= 15 is 0 Å². The van der Waals surface area contributed by atoms with Gasteiger partial charge in [-0.1, -0.05) is 32.0 Å². The first-order valence-electron chi connectivity index (χ1n) is 8.39. The standard InChI is InChI=1S/C18H27N3O2/c1-13(2)10-11-19-18(23)20-17(22)12-21-14(3)8-9-15-6-4-5-7-16(15)21/h4-7,13-14H,8-12H2,1-3H3,(H2,19,20,22,23)/t14-/m1/s1.